The summed E-state index contributed by atoms with van der Waals surface area (Å²) in [5, 5.41) is 28.3. The number of allylic oxidation sites excluding steroid dienone is 2. The Morgan fingerprint density at radius 3 is 2.52 bits per heavy atom. The van der Waals surface area contributed by atoms with Crippen molar-refractivity contribution >= 4 is 5.91 Å². The zero-order valence-corrected chi connectivity index (χ0v) is 11.9. The predicted molar refractivity (Wildman–Crippen MR) is 73.5 cm³/mol. The number of carbonyl (C=O) groups excluding carboxylic acids is 1. The highest BCUT2D eigenvalue weighted by atomic mass is 16.2. The molecule has 21 heavy (non-hydrogen) atoms. The highest BCUT2D eigenvalue weighted by Crippen LogP contribution is 2.48. The predicted octanol–water partition coefficient (Wildman–Crippen LogP) is 0.811. The maximum atomic E-state index is 11.6. The third-order valence-electron chi connectivity index (χ3n) is 4.53. The smallest absolute Gasteiger partial charge is 0.219 e. The molecule has 1 heterocycles. The summed E-state index contributed by atoms with van der Waals surface area (Å²) in [5.74, 6) is -0.694. The minimum absolute atomic E-state index is 0.0290. The average Bonchev–Trinajstić information content (AvgIpc) is 2.49. The molecule has 0 aromatic rings. The lowest BCUT2D eigenvalue weighted by Gasteiger charge is -2.43. The molecule has 0 bridgehead atoms. The molecule has 2 atom stereocenters. The van der Waals surface area contributed by atoms with E-state index >= 15 is 0 Å². The molecule has 1 aliphatic carbocycles. The molecular formula is C15H15N5O. The van der Waals surface area contributed by atoms with Crippen LogP contribution in [0.3, 0.4) is 0 Å². The summed E-state index contributed by atoms with van der Waals surface area (Å²) >= 11 is 0. The van der Waals surface area contributed by atoms with Gasteiger partial charge in [0.25, 0.3) is 0 Å². The first-order valence-corrected chi connectivity index (χ1v) is 6.61. The summed E-state index contributed by atoms with van der Waals surface area (Å²) in [6.45, 7) is 4.06. The van der Waals surface area contributed by atoms with Gasteiger partial charge in [-0.25, -0.2) is 0 Å². The van der Waals surface area contributed by atoms with Crippen LogP contribution >= 0.6 is 0 Å². The van der Waals surface area contributed by atoms with Gasteiger partial charge in [0, 0.05) is 31.8 Å². The number of nitrogens with two attached hydrogens (primary N) is 1. The second kappa shape index (κ2) is 4.96. The van der Waals surface area contributed by atoms with Crippen LogP contribution in [0.2, 0.25) is 0 Å². The van der Waals surface area contributed by atoms with Gasteiger partial charge >= 0.3 is 0 Å². The Kier molecular flexibility index (Phi) is 3.45. The van der Waals surface area contributed by atoms with E-state index in [4.69, 9.17) is 5.73 Å². The third-order valence-corrected chi connectivity index (χ3v) is 4.53. The van der Waals surface area contributed by atoms with E-state index in [1.807, 2.05) is 18.2 Å². The third kappa shape index (κ3) is 1.87. The SMILES string of the molecule is CC(=O)N1CC=C2C(C#N)=C(N)C(C#N)(C#N)[C@@H](C)[C@@H]2C1. The summed E-state index contributed by atoms with van der Waals surface area (Å²) in [4.78, 5) is 13.2. The monoisotopic (exact) mass is 281 g/mol. The zero-order valence-electron chi connectivity index (χ0n) is 11.9. The molecule has 0 unspecified atom stereocenters. The van der Waals surface area contributed by atoms with Gasteiger partial charge in [0.2, 0.25) is 5.91 Å². The van der Waals surface area contributed by atoms with Crippen molar-refractivity contribution in [2.45, 2.75) is 13.8 Å². The number of nitriles is 3. The van der Waals surface area contributed by atoms with Crippen LogP contribution in [-0.4, -0.2) is 23.9 Å². The Morgan fingerprint density at radius 2 is 2.05 bits per heavy atom. The molecule has 6 nitrogen and oxygen atoms in total. The van der Waals surface area contributed by atoms with Gasteiger partial charge in [-0.1, -0.05) is 13.0 Å². The summed E-state index contributed by atoms with van der Waals surface area (Å²) in [7, 11) is 0. The minimum atomic E-state index is -1.52. The van der Waals surface area contributed by atoms with Gasteiger partial charge in [-0.3, -0.25) is 4.79 Å². The van der Waals surface area contributed by atoms with Crippen molar-refractivity contribution < 1.29 is 4.79 Å². The molecule has 0 saturated carbocycles. The van der Waals surface area contributed by atoms with Crippen LogP contribution < -0.4 is 5.73 Å². The first kappa shape index (κ1) is 14.6. The van der Waals surface area contributed by atoms with Gasteiger partial charge in [0.1, 0.15) is 6.07 Å². The second-order valence-corrected chi connectivity index (χ2v) is 5.41. The number of hydrogen-bond acceptors (Lipinski definition) is 5. The standard InChI is InChI=1S/C15H15N5O/c1-9-13-6-20(10(2)21)4-3-11(13)12(5-16)14(19)15(9,7-17)8-18/h3,9,13H,4,6,19H2,1-2H3/t9-,13-/m0/s1. The molecule has 0 radical (unpaired) electrons. The van der Waals surface area contributed by atoms with E-state index in [0.29, 0.717) is 13.1 Å². The molecule has 6 heteroatoms. The first-order valence-electron chi connectivity index (χ1n) is 6.61. The molecule has 0 aromatic heterocycles. The van der Waals surface area contributed by atoms with Crippen molar-refractivity contribution in [3.8, 4) is 18.2 Å². The van der Waals surface area contributed by atoms with Crippen LogP contribution in [0.25, 0.3) is 0 Å². The minimum Gasteiger partial charge on any atom is -0.399 e. The Balaban J connectivity index is 2.65. The number of fused-ring (bicyclic) bond motifs is 1. The van der Waals surface area contributed by atoms with E-state index in [-0.39, 0.29) is 23.1 Å². The molecule has 0 saturated heterocycles. The van der Waals surface area contributed by atoms with Crippen molar-refractivity contribution in [3.05, 3.63) is 22.9 Å². The van der Waals surface area contributed by atoms with Crippen molar-refractivity contribution in [2.75, 3.05) is 13.1 Å². The number of carbonyl (C=O) groups is 1. The number of amides is 1. The Labute approximate surface area is 123 Å². The van der Waals surface area contributed by atoms with E-state index < -0.39 is 11.3 Å². The zero-order chi connectivity index (χ0) is 15.8. The number of nitrogens with zero attached hydrogens (tertiary/aromatic N) is 4. The van der Waals surface area contributed by atoms with Crippen LogP contribution in [0, 0.1) is 51.2 Å². The number of rotatable bonds is 0. The van der Waals surface area contributed by atoms with Gasteiger partial charge in [0.15, 0.2) is 5.41 Å². The lowest BCUT2D eigenvalue weighted by molar-refractivity contribution is -0.129. The number of hydrogen-bond donors (Lipinski definition) is 1. The molecule has 0 fully saturated rings. The van der Waals surface area contributed by atoms with E-state index in [1.54, 1.807) is 17.9 Å². The van der Waals surface area contributed by atoms with Gasteiger partial charge in [0.05, 0.1) is 23.4 Å². The molecule has 0 spiro atoms. The summed E-state index contributed by atoms with van der Waals surface area (Å²) in [6.07, 6.45) is 1.80. The van der Waals surface area contributed by atoms with E-state index in [9.17, 15) is 20.6 Å². The van der Waals surface area contributed by atoms with Crippen molar-refractivity contribution in [3.63, 3.8) is 0 Å². The molecule has 2 aliphatic rings. The maximum absolute atomic E-state index is 11.6. The molecule has 2 N–H and O–H groups in total. The van der Waals surface area contributed by atoms with Crippen LogP contribution in [0.5, 0.6) is 0 Å². The van der Waals surface area contributed by atoms with Crippen LogP contribution in [-0.2, 0) is 4.79 Å². The molecule has 106 valence electrons. The second-order valence-electron chi connectivity index (χ2n) is 5.41. The Morgan fingerprint density at radius 1 is 1.43 bits per heavy atom. The quantitative estimate of drug-likeness (QED) is 0.705. The summed E-state index contributed by atoms with van der Waals surface area (Å²) in [6, 6.07) is 5.99. The molecule has 1 aliphatic heterocycles. The fraction of sp³-hybridized carbons (Fsp3) is 0.467. The normalized spacial score (nSPS) is 26.8. The van der Waals surface area contributed by atoms with Crippen molar-refractivity contribution in [2.24, 2.45) is 23.0 Å². The largest absolute Gasteiger partial charge is 0.399 e. The maximum Gasteiger partial charge on any atom is 0.219 e. The summed E-state index contributed by atoms with van der Waals surface area (Å²) in [5.41, 5.74) is 5.44. The first-order chi connectivity index (χ1) is 9.92. The van der Waals surface area contributed by atoms with Crippen molar-refractivity contribution in [1.29, 1.82) is 15.8 Å². The van der Waals surface area contributed by atoms with Crippen molar-refractivity contribution in [1.82, 2.24) is 4.90 Å². The van der Waals surface area contributed by atoms with Gasteiger partial charge in [-0.05, 0) is 5.57 Å². The van der Waals surface area contributed by atoms with Crippen LogP contribution in [0.1, 0.15) is 13.8 Å². The molecule has 1 amide bonds. The highest BCUT2D eigenvalue weighted by Gasteiger charge is 2.51. The van der Waals surface area contributed by atoms with Gasteiger partial charge < -0.3 is 10.6 Å². The Hall–Kier alpha value is -2.78. The fourth-order valence-corrected chi connectivity index (χ4v) is 3.12. The molecule has 0 aromatic carbocycles. The van der Waals surface area contributed by atoms with E-state index in [0.717, 1.165) is 5.57 Å². The van der Waals surface area contributed by atoms with E-state index in [2.05, 4.69) is 0 Å². The Bertz CT molecular complexity index is 668. The lowest BCUT2D eigenvalue weighted by Crippen LogP contribution is -2.49. The fourth-order valence-electron chi connectivity index (χ4n) is 3.12. The summed E-state index contributed by atoms with van der Waals surface area (Å²) < 4.78 is 0. The van der Waals surface area contributed by atoms with Crippen LogP contribution in [0.4, 0.5) is 0 Å². The van der Waals surface area contributed by atoms with Crippen LogP contribution in [0.15, 0.2) is 22.9 Å². The van der Waals surface area contributed by atoms with E-state index in [1.165, 1.54) is 6.92 Å². The topological polar surface area (TPSA) is 118 Å². The lowest BCUT2D eigenvalue weighted by atomic mass is 9.61. The highest BCUT2D eigenvalue weighted by molar-refractivity contribution is 5.74. The average molecular weight is 281 g/mol. The van der Waals surface area contributed by atoms with Gasteiger partial charge in [-0.15, -0.1) is 0 Å². The molecule has 2 rings (SSSR count). The molecular weight excluding hydrogens is 266 g/mol. The van der Waals surface area contributed by atoms with Gasteiger partial charge in [-0.2, -0.15) is 15.8 Å².